The summed E-state index contributed by atoms with van der Waals surface area (Å²) in [5.74, 6) is 1.40. The van der Waals surface area contributed by atoms with Crippen LogP contribution in [0.5, 0.6) is 11.5 Å². The summed E-state index contributed by atoms with van der Waals surface area (Å²) in [6.45, 7) is 12.5. The number of anilines is 2. The summed E-state index contributed by atoms with van der Waals surface area (Å²) in [6, 6.07) is 21.1. The second-order valence-electron chi connectivity index (χ2n) is 9.77. The molecular weight excluding hydrogens is 436 g/mol. The van der Waals surface area contributed by atoms with Gasteiger partial charge >= 0.3 is 6.03 Å². The van der Waals surface area contributed by atoms with Gasteiger partial charge in [-0.3, -0.25) is 4.98 Å². The van der Waals surface area contributed by atoms with Gasteiger partial charge in [0.15, 0.2) is 0 Å². The molecule has 2 aromatic heterocycles. The fourth-order valence-corrected chi connectivity index (χ4v) is 3.96. The SMILES string of the molecule is Cc1cc(Oc2ccc(NC(=O)Nc3cc(C(C)(C)C)ccc3-n3c(C)ccc3C)cc2)ccn1. The van der Waals surface area contributed by atoms with E-state index in [4.69, 9.17) is 4.74 Å². The number of hydrogen-bond donors (Lipinski definition) is 2. The van der Waals surface area contributed by atoms with Crippen molar-refractivity contribution in [3.8, 4) is 17.2 Å². The normalized spacial score (nSPS) is 11.3. The average molecular weight is 469 g/mol. The number of rotatable bonds is 5. The van der Waals surface area contributed by atoms with Gasteiger partial charge in [0.05, 0.1) is 11.4 Å². The Kier molecular flexibility index (Phi) is 6.65. The quantitative estimate of drug-likeness (QED) is 0.318. The number of aromatic nitrogens is 2. The van der Waals surface area contributed by atoms with Crippen molar-refractivity contribution in [1.82, 2.24) is 9.55 Å². The molecule has 0 saturated carbocycles. The first kappa shape index (κ1) is 24.1. The second kappa shape index (κ2) is 9.66. The lowest BCUT2D eigenvalue weighted by Gasteiger charge is -2.23. The number of ether oxygens (including phenoxy) is 1. The maximum absolute atomic E-state index is 13.0. The zero-order valence-electron chi connectivity index (χ0n) is 21.1. The number of carbonyl (C=O) groups excluding carboxylic acids is 1. The third-order valence-corrected chi connectivity index (χ3v) is 5.84. The number of hydrogen-bond acceptors (Lipinski definition) is 3. The van der Waals surface area contributed by atoms with Gasteiger partial charge in [-0.1, -0.05) is 26.8 Å². The zero-order chi connectivity index (χ0) is 25.2. The van der Waals surface area contributed by atoms with E-state index in [1.165, 1.54) is 0 Å². The van der Waals surface area contributed by atoms with Crippen LogP contribution in [0.1, 0.15) is 43.4 Å². The van der Waals surface area contributed by atoms with Crippen LogP contribution >= 0.6 is 0 Å². The molecule has 0 unspecified atom stereocenters. The Morgan fingerprint density at radius 3 is 2.14 bits per heavy atom. The summed E-state index contributed by atoms with van der Waals surface area (Å²) >= 11 is 0. The van der Waals surface area contributed by atoms with Gasteiger partial charge in [0.2, 0.25) is 0 Å². The van der Waals surface area contributed by atoms with Crippen LogP contribution in [-0.4, -0.2) is 15.6 Å². The van der Waals surface area contributed by atoms with Gasteiger partial charge < -0.3 is 19.9 Å². The maximum Gasteiger partial charge on any atom is 0.323 e. The molecule has 2 heterocycles. The van der Waals surface area contributed by atoms with Crippen molar-refractivity contribution >= 4 is 17.4 Å². The maximum atomic E-state index is 13.0. The van der Waals surface area contributed by atoms with Crippen LogP contribution in [0.2, 0.25) is 0 Å². The lowest BCUT2D eigenvalue weighted by atomic mass is 9.86. The van der Waals surface area contributed by atoms with E-state index in [1.807, 2.05) is 43.3 Å². The molecule has 180 valence electrons. The number of benzene rings is 2. The number of amides is 2. The van der Waals surface area contributed by atoms with Crippen LogP contribution in [-0.2, 0) is 5.41 Å². The second-order valence-corrected chi connectivity index (χ2v) is 9.77. The Hall–Kier alpha value is -4.06. The van der Waals surface area contributed by atoms with E-state index in [0.717, 1.165) is 39.8 Å². The molecule has 0 aliphatic carbocycles. The van der Waals surface area contributed by atoms with Crippen molar-refractivity contribution in [1.29, 1.82) is 0 Å². The van der Waals surface area contributed by atoms with Gasteiger partial charge in [0.25, 0.3) is 0 Å². The fourth-order valence-electron chi connectivity index (χ4n) is 3.96. The molecule has 4 aromatic rings. The molecule has 0 fully saturated rings. The van der Waals surface area contributed by atoms with Crippen LogP contribution in [0.15, 0.2) is 72.9 Å². The van der Waals surface area contributed by atoms with Crippen molar-refractivity contribution in [3.63, 3.8) is 0 Å². The van der Waals surface area contributed by atoms with Crippen LogP contribution in [0, 0.1) is 20.8 Å². The lowest BCUT2D eigenvalue weighted by molar-refractivity contribution is 0.262. The third kappa shape index (κ3) is 5.72. The third-order valence-electron chi connectivity index (χ3n) is 5.84. The van der Waals surface area contributed by atoms with Gasteiger partial charge in [-0.25, -0.2) is 4.79 Å². The molecule has 0 radical (unpaired) electrons. The number of nitrogens with one attached hydrogen (secondary N) is 2. The number of carbonyl (C=O) groups is 1. The molecule has 2 aromatic carbocycles. The highest BCUT2D eigenvalue weighted by molar-refractivity contribution is 6.01. The summed E-state index contributed by atoms with van der Waals surface area (Å²) < 4.78 is 8.02. The minimum atomic E-state index is -0.307. The topological polar surface area (TPSA) is 68.2 Å². The standard InChI is InChI=1S/C29H32N4O2/c1-19-17-25(15-16-30-19)35-24-12-10-23(11-13-24)31-28(34)32-26-18-22(29(4,5)6)9-14-27(26)33-20(2)7-8-21(33)3/h7-18H,1-6H3,(H2,31,32,34). The highest BCUT2D eigenvalue weighted by atomic mass is 16.5. The van der Waals surface area contributed by atoms with E-state index >= 15 is 0 Å². The Morgan fingerprint density at radius 2 is 1.51 bits per heavy atom. The molecular formula is C29H32N4O2. The van der Waals surface area contributed by atoms with E-state index in [2.05, 4.69) is 85.1 Å². The highest BCUT2D eigenvalue weighted by Crippen LogP contribution is 2.31. The molecule has 0 aliphatic heterocycles. The van der Waals surface area contributed by atoms with Crippen LogP contribution in [0.4, 0.5) is 16.2 Å². The van der Waals surface area contributed by atoms with Crippen LogP contribution in [0.3, 0.4) is 0 Å². The molecule has 0 spiro atoms. The Labute approximate surface area is 207 Å². The molecule has 6 heteroatoms. The van der Waals surface area contributed by atoms with Crippen LogP contribution in [0.25, 0.3) is 5.69 Å². The Morgan fingerprint density at radius 1 is 0.829 bits per heavy atom. The summed E-state index contributed by atoms with van der Waals surface area (Å²) in [7, 11) is 0. The monoisotopic (exact) mass is 468 g/mol. The van der Waals surface area contributed by atoms with E-state index in [9.17, 15) is 4.79 Å². The average Bonchev–Trinajstić information content (AvgIpc) is 3.12. The molecule has 4 rings (SSSR count). The fraction of sp³-hybridized carbons (Fsp3) is 0.241. The number of nitrogens with zero attached hydrogens (tertiary/aromatic N) is 2. The van der Waals surface area contributed by atoms with E-state index in [-0.39, 0.29) is 11.4 Å². The predicted molar refractivity (Wildman–Crippen MR) is 142 cm³/mol. The van der Waals surface area contributed by atoms with Crippen molar-refractivity contribution in [2.45, 2.75) is 47.0 Å². The molecule has 0 atom stereocenters. The summed E-state index contributed by atoms with van der Waals surface area (Å²) in [5, 5.41) is 5.99. The van der Waals surface area contributed by atoms with Crippen LogP contribution < -0.4 is 15.4 Å². The van der Waals surface area contributed by atoms with Crippen molar-refractivity contribution in [2.24, 2.45) is 0 Å². The molecule has 0 saturated heterocycles. The molecule has 2 amide bonds. The first-order valence-corrected chi connectivity index (χ1v) is 11.7. The van der Waals surface area contributed by atoms with Crippen molar-refractivity contribution < 1.29 is 9.53 Å². The van der Waals surface area contributed by atoms with Gasteiger partial charge in [-0.15, -0.1) is 0 Å². The molecule has 0 aliphatic rings. The van der Waals surface area contributed by atoms with Gasteiger partial charge in [-0.2, -0.15) is 0 Å². The summed E-state index contributed by atoms with van der Waals surface area (Å²) in [6.07, 6.45) is 1.71. The number of pyridine rings is 1. The Balaban J connectivity index is 1.53. The molecule has 2 N–H and O–H groups in total. The summed E-state index contributed by atoms with van der Waals surface area (Å²) in [5.41, 5.74) is 6.56. The summed E-state index contributed by atoms with van der Waals surface area (Å²) in [4.78, 5) is 17.2. The van der Waals surface area contributed by atoms with Gasteiger partial charge in [0.1, 0.15) is 11.5 Å². The smallest absolute Gasteiger partial charge is 0.323 e. The lowest BCUT2D eigenvalue weighted by Crippen LogP contribution is -2.21. The largest absolute Gasteiger partial charge is 0.457 e. The minimum absolute atomic E-state index is 0.0462. The zero-order valence-corrected chi connectivity index (χ0v) is 21.1. The molecule has 6 nitrogen and oxygen atoms in total. The minimum Gasteiger partial charge on any atom is -0.457 e. The van der Waals surface area contributed by atoms with E-state index in [0.29, 0.717) is 11.4 Å². The molecule has 0 bridgehead atoms. The number of aryl methyl sites for hydroxylation is 3. The predicted octanol–water partition coefficient (Wildman–Crippen LogP) is 7.53. The Bertz CT molecular complexity index is 1330. The van der Waals surface area contributed by atoms with Crippen molar-refractivity contribution in [2.75, 3.05) is 10.6 Å². The first-order chi connectivity index (χ1) is 16.6. The van der Waals surface area contributed by atoms with Gasteiger partial charge in [0, 0.05) is 35.0 Å². The van der Waals surface area contributed by atoms with E-state index in [1.54, 1.807) is 6.20 Å². The van der Waals surface area contributed by atoms with Gasteiger partial charge in [-0.05, 0) is 86.3 Å². The highest BCUT2D eigenvalue weighted by Gasteiger charge is 2.18. The molecule has 35 heavy (non-hydrogen) atoms. The number of urea groups is 1. The van der Waals surface area contributed by atoms with E-state index < -0.39 is 0 Å². The first-order valence-electron chi connectivity index (χ1n) is 11.7. The van der Waals surface area contributed by atoms with Crippen molar-refractivity contribution in [3.05, 3.63) is 95.6 Å².